The summed E-state index contributed by atoms with van der Waals surface area (Å²) >= 11 is 4.25. The zero-order chi connectivity index (χ0) is 9.90. The van der Waals surface area contributed by atoms with Crippen LogP contribution in [-0.2, 0) is 6.42 Å². The second-order valence-electron chi connectivity index (χ2n) is 2.58. The fraction of sp³-hybridized carbons (Fsp3) is 0.222. The molecule has 0 saturated carbocycles. The number of hydrogen-bond acceptors (Lipinski definition) is 1. The van der Waals surface area contributed by atoms with Gasteiger partial charge in [0.15, 0.2) is 0 Å². The maximum absolute atomic E-state index is 12.0. The highest BCUT2D eigenvalue weighted by Gasteiger charge is 2.33. The molecule has 0 atom stereocenters. The summed E-state index contributed by atoms with van der Waals surface area (Å²) in [6.45, 7) is 0. The molecule has 0 saturated heterocycles. The molecule has 0 radical (unpaired) electrons. The summed E-state index contributed by atoms with van der Waals surface area (Å²) in [5.41, 5.74) is 0.588. The lowest BCUT2D eigenvalue weighted by Crippen LogP contribution is -2.22. The SMILES string of the molecule is FC(F)(F)C(=S)Cc1ccccc1. The van der Waals surface area contributed by atoms with Crippen LogP contribution >= 0.6 is 12.2 Å². The lowest BCUT2D eigenvalue weighted by atomic mass is 10.1. The lowest BCUT2D eigenvalue weighted by Gasteiger charge is -2.07. The minimum atomic E-state index is -4.36. The van der Waals surface area contributed by atoms with Gasteiger partial charge in [0, 0.05) is 6.42 Å². The Morgan fingerprint density at radius 3 is 2.15 bits per heavy atom. The van der Waals surface area contributed by atoms with Crippen molar-refractivity contribution in [3.8, 4) is 0 Å². The van der Waals surface area contributed by atoms with Crippen molar-refractivity contribution in [2.75, 3.05) is 0 Å². The van der Waals surface area contributed by atoms with Crippen molar-refractivity contribution in [3.05, 3.63) is 35.9 Å². The summed E-state index contributed by atoms with van der Waals surface area (Å²) in [5.74, 6) is 0. The van der Waals surface area contributed by atoms with Gasteiger partial charge >= 0.3 is 6.18 Å². The van der Waals surface area contributed by atoms with Crippen LogP contribution in [0.4, 0.5) is 13.2 Å². The smallest absolute Gasteiger partial charge is 0.166 e. The Hall–Kier alpha value is -0.900. The van der Waals surface area contributed by atoms with Gasteiger partial charge in [0.1, 0.15) is 4.86 Å². The van der Waals surface area contributed by atoms with Crippen molar-refractivity contribution >= 4 is 17.1 Å². The molecule has 1 aromatic rings. The molecule has 0 aliphatic carbocycles. The van der Waals surface area contributed by atoms with E-state index in [1.807, 2.05) is 0 Å². The standard InChI is InChI=1S/C9H7F3S/c10-9(11,12)8(13)6-7-4-2-1-3-5-7/h1-5H,6H2. The number of halogens is 3. The highest BCUT2D eigenvalue weighted by atomic mass is 32.1. The predicted octanol–water partition coefficient (Wildman–Crippen LogP) is 3.16. The fourth-order valence-electron chi connectivity index (χ4n) is 0.881. The van der Waals surface area contributed by atoms with E-state index in [9.17, 15) is 13.2 Å². The van der Waals surface area contributed by atoms with Gasteiger partial charge in [-0.1, -0.05) is 42.5 Å². The van der Waals surface area contributed by atoms with Crippen LogP contribution in [-0.4, -0.2) is 11.0 Å². The Balaban J connectivity index is 2.66. The van der Waals surface area contributed by atoms with Gasteiger partial charge in [-0.25, -0.2) is 0 Å². The van der Waals surface area contributed by atoms with Crippen molar-refractivity contribution in [3.63, 3.8) is 0 Å². The van der Waals surface area contributed by atoms with Gasteiger partial charge in [0.05, 0.1) is 0 Å². The van der Waals surface area contributed by atoms with Crippen LogP contribution < -0.4 is 0 Å². The molecule has 0 aliphatic heterocycles. The Kier molecular flexibility index (Phi) is 3.03. The van der Waals surface area contributed by atoms with E-state index < -0.39 is 11.0 Å². The van der Waals surface area contributed by atoms with Gasteiger partial charge in [-0.2, -0.15) is 13.2 Å². The molecule has 0 N–H and O–H groups in total. The Morgan fingerprint density at radius 1 is 1.15 bits per heavy atom. The second-order valence-corrected chi connectivity index (χ2v) is 3.08. The molecule has 4 heteroatoms. The first-order valence-corrected chi connectivity index (χ1v) is 4.05. The molecule has 0 bridgehead atoms. The lowest BCUT2D eigenvalue weighted by molar-refractivity contribution is -0.0575. The zero-order valence-electron chi connectivity index (χ0n) is 6.64. The van der Waals surface area contributed by atoms with Gasteiger partial charge < -0.3 is 0 Å². The number of hydrogen-bond donors (Lipinski definition) is 0. The third-order valence-electron chi connectivity index (χ3n) is 1.52. The maximum Gasteiger partial charge on any atom is 0.422 e. The normalized spacial score (nSPS) is 11.3. The van der Waals surface area contributed by atoms with E-state index >= 15 is 0 Å². The average molecular weight is 204 g/mol. The van der Waals surface area contributed by atoms with Gasteiger partial charge in [-0.3, -0.25) is 0 Å². The molecule has 0 fully saturated rings. The van der Waals surface area contributed by atoms with Gasteiger partial charge in [-0.05, 0) is 5.56 Å². The maximum atomic E-state index is 12.0. The van der Waals surface area contributed by atoms with Crippen LogP contribution in [0, 0.1) is 0 Å². The van der Waals surface area contributed by atoms with E-state index in [1.54, 1.807) is 30.3 Å². The summed E-state index contributed by atoms with van der Waals surface area (Å²) in [5, 5.41) is 0. The van der Waals surface area contributed by atoms with Crippen molar-refractivity contribution in [2.45, 2.75) is 12.6 Å². The van der Waals surface area contributed by atoms with Crippen molar-refractivity contribution in [2.24, 2.45) is 0 Å². The summed E-state index contributed by atoms with van der Waals surface area (Å²) in [7, 11) is 0. The largest absolute Gasteiger partial charge is 0.422 e. The van der Waals surface area contributed by atoms with Crippen LogP contribution in [0.15, 0.2) is 30.3 Å². The topological polar surface area (TPSA) is 0 Å². The van der Waals surface area contributed by atoms with Gasteiger partial charge in [0.25, 0.3) is 0 Å². The van der Waals surface area contributed by atoms with Crippen LogP contribution in [0.2, 0.25) is 0 Å². The Morgan fingerprint density at radius 2 is 1.69 bits per heavy atom. The number of rotatable bonds is 2. The van der Waals surface area contributed by atoms with Crippen LogP contribution in [0.3, 0.4) is 0 Å². The van der Waals surface area contributed by atoms with Gasteiger partial charge in [-0.15, -0.1) is 0 Å². The average Bonchev–Trinajstić information content (AvgIpc) is 2.04. The van der Waals surface area contributed by atoms with E-state index in [-0.39, 0.29) is 6.42 Å². The first kappa shape index (κ1) is 10.2. The molecule has 0 nitrogen and oxygen atoms in total. The van der Waals surface area contributed by atoms with Crippen molar-refractivity contribution in [1.29, 1.82) is 0 Å². The van der Waals surface area contributed by atoms with E-state index in [0.717, 1.165) is 0 Å². The quantitative estimate of drug-likeness (QED) is 0.667. The highest BCUT2D eigenvalue weighted by Crippen LogP contribution is 2.20. The Bertz CT molecular complexity index is 289. The summed E-state index contributed by atoms with van der Waals surface area (Å²) in [6.07, 6.45) is -4.56. The van der Waals surface area contributed by atoms with E-state index in [1.165, 1.54) is 0 Å². The van der Waals surface area contributed by atoms with Crippen molar-refractivity contribution < 1.29 is 13.2 Å². The Labute approximate surface area is 79.4 Å². The molecule has 13 heavy (non-hydrogen) atoms. The summed E-state index contributed by atoms with van der Waals surface area (Å²) < 4.78 is 36.0. The van der Waals surface area contributed by atoms with E-state index in [4.69, 9.17) is 0 Å². The minimum absolute atomic E-state index is 0.209. The molecule has 0 aromatic heterocycles. The molecule has 0 aliphatic rings. The van der Waals surface area contributed by atoms with Crippen molar-refractivity contribution in [1.82, 2.24) is 0 Å². The predicted molar refractivity (Wildman–Crippen MR) is 48.8 cm³/mol. The van der Waals surface area contributed by atoms with Crippen LogP contribution in [0.1, 0.15) is 5.56 Å². The monoisotopic (exact) mass is 204 g/mol. The number of thiocarbonyl (C=S) groups is 1. The first-order chi connectivity index (χ1) is 6.00. The molecule has 1 rings (SSSR count). The highest BCUT2D eigenvalue weighted by molar-refractivity contribution is 7.80. The number of benzene rings is 1. The van der Waals surface area contributed by atoms with Gasteiger partial charge in [0.2, 0.25) is 0 Å². The molecule has 1 aromatic carbocycles. The van der Waals surface area contributed by atoms with Crippen LogP contribution in [0.25, 0.3) is 0 Å². The summed E-state index contributed by atoms with van der Waals surface area (Å²) in [4.78, 5) is -0.876. The molecule has 0 heterocycles. The minimum Gasteiger partial charge on any atom is -0.166 e. The zero-order valence-corrected chi connectivity index (χ0v) is 7.45. The molecule has 0 amide bonds. The van der Waals surface area contributed by atoms with Crippen LogP contribution in [0.5, 0.6) is 0 Å². The molecular weight excluding hydrogens is 197 g/mol. The summed E-state index contributed by atoms with van der Waals surface area (Å²) in [6, 6.07) is 8.37. The van der Waals surface area contributed by atoms with E-state index in [2.05, 4.69) is 12.2 Å². The molecule has 0 spiro atoms. The molecule has 70 valence electrons. The third kappa shape index (κ3) is 3.14. The molecular formula is C9H7F3S. The second kappa shape index (κ2) is 3.87. The fourth-order valence-corrected chi connectivity index (χ4v) is 1.05. The molecule has 0 unspecified atom stereocenters. The van der Waals surface area contributed by atoms with E-state index in [0.29, 0.717) is 5.56 Å². The third-order valence-corrected chi connectivity index (χ3v) is 1.90. The number of alkyl halides is 3. The first-order valence-electron chi connectivity index (χ1n) is 3.64.